The Morgan fingerprint density at radius 3 is 1.90 bits per heavy atom. The third-order valence-electron chi connectivity index (χ3n) is 6.80. The van der Waals surface area contributed by atoms with Gasteiger partial charge in [-0.1, -0.05) is 102 Å². The normalized spacial score (nSPS) is 17.8. The highest BCUT2D eigenvalue weighted by molar-refractivity contribution is 5.69. The van der Waals surface area contributed by atoms with Crippen LogP contribution in [0.5, 0.6) is 0 Å². The molecule has 0 amide bonds. The summed E-state index contributed by atoms with van der Waals surface area (Å²) < 4.78 is 15.9. The fraction of sp³-hybridized carbons (Fsp3) is 0.758. The van der Waals surface area contributed by atoms with Gasteiger partial charge in [-0.2, -0.15) is 0 Å². The molecule has 39 heavy (non-hydrogen) atoms. The van der Waals surface area contributed by atoms with Crippen LogP contribution < -0.4 is 0 Å². The van der Waals surface area contributed by atoms with E-state index in [0.717, 1.165) is 44.9 Å². The van der Waals surface area contributed by atoms with Gasteiger partial charge in [0.05, 0.1) is 12.2 Å². The number of aliphatic hydroxyl groups excluding tert-OH is 1. The Morgan fingerprint density at radius 1 is 0.692 bits per heavy atom. The van der Waals surface area contributed by atoms with Crippen LogP contribution in [-0.4, -0.2) is 48.6 Å². The second-order valence-corrected chi connectivity index (χ2v) is 10.6. The molecule has 1 heterocycles. The molecule has 1 rings (SSSR count). The number of rotatable bonds is 26. The fourth-order valence-electron chi connectivity index (χ4n) is 4.29. The van der Waals surface area contributed by atoms with Gasteiger partial charge in [-0.15, -0.1) is 0 Å². The molecule has 3 atom stereocenters. The van der Waals surface area contributed by atoms with E-state index in [1.807, 2.05) is 0 Å². The standard InChI is InChI=1S/C33H56O6/c1-3-5-7-9-11-12-13-14-15-17-18-20-23-30-31(39-30)24-22-26-33(36)38-28-29(34)27-37-32(35)25-21-19-16-10-8-6-4-2/h11-12,14-15,18,20,29-31,34H,3-10,13,16-17,19,21-28H2,1-2H3/b12-11-,15-14-,20-18-/t29-,30?,31?/m1/s1. The molecule has 0 radical (unpaired) electrons. The van der Waals surface area contributed by atoms with Crippen molar-refractivity contribution >= 4 is 11.9 Å². The maximum Gasteiger partial charge on any atom is 0.305 e. The van der Waals surface area contributed by atoms with Crippen LogP contribution in [0.3, 0.4) is 0 Å². The van der Waals surface area contributed by atoms with Crippen LogP contribution in [0.25, 0.3) is 0 Å². The number of hydrogen-bond acceptors (Lipinski definition) is 6. The van der Waals surface area contributed by atoms with E-state index in [2.05, 4.69) is 50.3 Å². The summed E-state index contributed by atoms with van der Waals surface area (Å²) in [5.41, 5.74) is 0. The largest absolute Gasteiger partial charge is 0.463 e. The van der Waals surface area contributed by atoms with Gasteiger partial charge >= 0.3 is 11.9 Å². The Hall–Kier alpha value is -1.92. The van der Waals surface area contributed by atoms with Crippen molar-refractivity contribution in [2.24, 2.45) is 0 Å². The van der Waals surface area contributed by atoms with Crippen LogP contribution in [0.2, 0.25) is 0 Å². The highest BCUT2D eigenvalue weighted by Gasteiger charge is 2.36. The minimum Gasteiger partial charge on any atom is -0.463 e. The van der Waals surface area contributed by atoms with E-state index in [0.29, 0.717) is 19.3 Å². The third kappa shape index (κ3) is 22.6. The lowest BCUT2D eigenvalue weighted by molar-refractivity contribution is -0.152. The molecule has 1 aliphatic rings. The van der Waals surface area contributed by atoms with Gasteiger partial charge in [0, 0.05) is 12.8 Å². The Bertz CT molecular complexity index is 698. The summed E-state index contributed by atoms with van der Waals surface area (Å²) in [6.07, 6.45) is 30.8. The van der Waals surface area contributed by atoms with E-state index < -0.39 is 6.10 Å². The van der Waals surface area contributed by atoms with Gasteiger partial charge in [-0.25, -0.2) is 0 Å². The zero-order chi connectivity index (χ0) is 28.4. The molecule has 0 aromatic carbocycles. The monoisotopic (exact) mass is 548 g/mol. The quantitative estimate of drug-likeness (QED) is 0.0511. The van der Waals surface area contributed by atoms with Crippen LogP contribution in [0.15, 0.2) is 36.5 Å². The molecule has 0 spiro atoms. The molecule has 224 valence electrons. The molecule has 0 saturated carbocycles. The number of carbonyl (C=O) groups excluding carboxylic acids is 2. The lowest BCUT2D eigenvalue weighted by Gasteiger charge is -2.12. The van der Waals surface area contributed by atoms with E-state index in [-0.39, 0.29) is 37.4 Å². The maximum atomic E-state index is 11.9. The molecule has 0 bridgehead atoms. The van der Waals surface area contributed by atoms with Gasteiger partial charge in [0.2, 0.25) is 0 Å². The van der Waals surface area contributed by atoms with Crippen molar-refractivity contribution in [3.63, 3.8) is 0 Å². The molecule has 1 aliphatic heterocycles. The van der Waals surface area contributed by atoms with Crippen molar-refractivity contribution in [1.82, 2.24) is 0 Å². The summed E-state index contributed by atoms with van der Waals surface area (Å²) in [6.45, 7) is 4.13. The molecule has 0 aromatic rings. The van der Waals surface area contributed by atoms with Crippen molar-refractivity contribution < 1.29 is 28.9 Å². The summed E-state index contributed by atoms with van der Waals surface area (Å²) in [4.78, 5) is 23.7. The van der Waals surface area contributed by atoms with E-state index in [1.54, 1.807) is 0 Å². The average Bonchev–Trinajstić information content (AvgIpc) is 3.68. The van der Waals surface area contributed by atoms with Gasteiger partial charge in [0.1, 0.15) is 19.3 Å². The first kappa shape index (κ1) is 35.1. The Balaban J connectivity index is 1.94. The highest BCUT2D eigenvalue weighted by atomic mass is 16.6. The fourth-order valence-corrected chi connectivity index (χ4v) is 4.29. The van der Waals surface area contributed by atoms with Crippen LogP contribution >= 0.6 is 0 Å². The number of carbonyl (C=O) groups is 2. The van der Waals surface area contributed by atoms with E-state index in [4.69, 9.17) is 14.2 Å². The summed E-state index contributed by atoms with van der Waals surface area (Å²) in [6, 6.07) is 0. The average molecular weight is 549 g/mol. The van der Waals surface area contributed by atoms with Gasteiger partial charge in [-0.3, -0.25) is 9.59 Å². The molecule has 0 aromatic heterocycles. The minimum atomic E-state index is -0.989. The van der Waals surface area contributed by atoms with Gasteiger partial charge in [-0.05, 0) is 51.4 Å². The first-order valence-corrected chi connectivity index (χ1v) is 15.7. The van der Waals surface area contributed by atoms with E-state index >= 15 is 0 Å². The van der Waals surface area contributed by atoms with Gasteiger partial charge in [0.15, 0.2) is 0 Å². The summed E-state index contributed by atoms with van der Waals surface area (Å²) >= 11 is 0. The number of ether oxygens (including phenoxy) is 3. The number of epoxide rings is 1. The first-order valence-electron chi connectivity index (χ1n) is 15.7. The van der Waals surface area contributed by atoms with Crippen molar-refractivity contribution in [3.05, 3.63) is 36.5 Å². The number of allylic oxidation sites excluding steroid dienone is 5. The first-order chi connectivity index (χ1) is 19.1. The van der Waals surface area contributed by atoms with E-state index in [1.165, 1.54) is 51.4 Å². The zero-order valence-corrected chi connectivity index (χ0v) is 24.8. The summed E-state index contributed by atoms with van der Waals surface area (Å²) in [7, 11) is 0. The summed E-state index contributed by atoms with van der Waals surface area (Å²) in [5.74, 6) is -0.650. The molecule has 2 unspecified atom stereocenters. The van der Waals surface area contributed by atoms with E-state index in [9.17, 15) is 14.7 Å². The van der Waals surface area contributed by atoms with Crippen molar-refractivity contribution in [1.29, 1.82) is 0 Å². The van der Waals surface area contributed by atoms with Gasteiger partial charge in [0.25, 0.3) is 0 Å². The molecule has 6 heteroatoms. The predicted octanol–water partition coefficient (Wildman–Crippen LogP) is 7.93. The zero-order valence-electron chi connectivity index (χ0n) is 24.8. The van der Waals surface area contributed by atoms with Crippen molar-refractivity contribution in [2.45, 2.75) is 148 Å². The third-order valence-corrected chi connectivity index (χ3v) is 6.80. The minimum absolute atomic E-state index is 0.139. The molecule has 1 saturated heterocycles. The van der Waals surface area contributed by atoms with Crippen LogP contribution in [0.4, 0.5) is 0 Å². The topological polar surface area (TPSA) is 85.4 Å². The van der Waals surface area contributed by atoms with Crippen molar-refractivity contribution in [3.8, 4) is 0 Å². The maximum absolute atomic E-state index is 11.9. The predicted molar refractivity (Wildman–Crippen MR) is 158 cm³/mol. The number of unbranched alkanes of at least 4 members (excludes halogenated alkanes) is 9. The Morgan fingerprint density at radius 2 is 1.23 bits per heavy atom. The Kier molecular flexibility index (Phi) is 22.6. The lowest BCUT2D eigenvalue weighted by Crippen LogP contribution is -2.25. The molecular formula is C33H56O6. The van der Waals surface area contributed by atoms with Crippen LogP contribution in [0, 0.1) is 0 Å². The Labute approximate surface area is 238 Å². The van der Waals surface area contributed by atoms with Crippen molar-refractivity contribution in [2.75, 3.05) is 13.2 Å². The molecular weight excluding hydrogens is 492 g/mol. The second kappa shape index (κ2) is 25.1. The highest BCUT2D eigenvalue weighted by Crippen LogP contribution is 2.30. The summed E-state index contributed by atoms with van der Waals surface area (Å²) in [5, 5.41) is 9.92. The molecule has 1 N–H and O–H groups in total. The lowest BCUT2D eigenvalue weighted by atomic mass is 10.1. The number of hydrogen-bond donors (Lipinski definition) is 1. The van der Waals surface area contributed by atoms with Gasteiger partial charge < -0.3 is 19.3 Å². The van der Waals surface area contributed by atoms with Crippen LogP contribution in [0.1, 0.15) is 129 Å². The number of esters is 2. The smallest absolute Gasteiger partial charge is 0.305 e. The molecule has 1 fully saturated rings. The second-order valence-electron chi connectivity index (χ2n) is 10.6. The molecule has 6 nitrogen and oxygen atoms in total. The SMILES string of the molecule is CCCCC/C=C\C/C=C\C/C=C\CC1OC1CCCC(=O)OC[C@H](O)COC(=O)CCCCCCCCC. The molecule has 0 aliphatic carbocycles. The number of aliphatic hydroxyl groups is 1. The van der Waals surface area contributed by atoms with Crippen LogP contribution in [-0.2, 0) is 23.8 Å².